The van der Waals surface area contributed by atoms with Gasteiger partial charge in [0.2, 0.25) is 11.8 Å². The van der Waals surface area contributed by atoms with Gasteiger partial charge in [0, 0.05) is 37.0 Å². The topological polar surface area (TPSA) is 136 Å². The number of nitrogens with zero attached hydrogens (tertiary/aromatic N) is 2. The Hall–Kier alpha value is -5.10. The van der Waals surface area contributed by atoms with Crippen molar-refractivity contribution in [3.05, 3.63) is 101 Å². The molecule has 1 aromatic heterocycles. The number of piperidine rings is 1. The number of halogens is 2. The van der Waals surface area contributed by atoms with Crippen LogP contribution in [0.3, 0.4) is 0 Å². The number of rotatable bonds is 20. The van der Waals surface area contributed by atoms with Gasteiger partial charge in [-0.2, -0.15) is 0 Å². The molecule has 0 saturated carbocycles. The van der Waals surface area contributed by atoms with Crippen molar-refractivity contribution in [3.8, 4) is 5.75 Å². The monoisotopic (exact) mass is 759 g/mol. The molecule has 0 radical (unpaired) electrons. The van der Waals surface area contributed by atoms with Crippen LogP contribution in [0.15, 0.2) is 61.8 Å². The van der Waals surface area contributed by atoms with Gasteiger partial charge in [0.1, 0.15) is 11.9 Å². The lowest BCUT2D eigenvalue weighted by molar-refractivity contribution is -0.144. The summed E-state index contributed by atoms with van der Waals surface area (Å²) < 4.78 is 41.1. The summed E-state index contributed by atoms with van der Waals surface area (Å²) in [5.41, 5.74) is 10.1. The van der Waals surface area contributed by atoms with Crippen LogP contribution < -0.4 is 21.1 Å². The number of hydrogen-bond donors (Lipinski definition) is 3. The number of nitrogens with one attached hydrogen (secondary N) is 2. The lowest BCUT2D eigenvalue weighted by Gasteiger charge is -2.39. The number of unbranched alkanes of at least 4 members (excludes halogenated alkanes) is 2. The number of amides is 3. The fourth-order valence-electron chi connectivity index (χ4n) is 7.12. The molecule has 3 amide bonds. The zero-order chi connectivity index (χ0) is 39.9. The van der Waals surface area contributed by atoms with Crippen LogP contribution in [-0.2, 0) is 27.2 Å². The van der Waals surface area contributed by atoms with E-state index in [1.807, 2.05) is 44.2 Å². The standard InChI is InChI=1S/C43H55F2N5O5/c1-6-30(7-2)40(50-20-13-15-37(46)42(50)52)41(51)49-33-18-16-28(17-19-33)14-11-10-12-21-55-39-25-35(44)34(24-36(39)45)32(27-48-43(53)54-5)23-29-22-31(8-3)38(9-4)47-26-29/h8-9,16-19,22,24-26,30,32,37,40H,3-4,6-7,10-15,20-21,23,27,46H2,1-2,5H3,(H,48,53)(H,49,51). The molecular formula is C43H55F2N5O5. The molecular weight excluding hydrogens is 704 g/mol. The van der Waals surface area contributed by atoms with E-state index in [9.17, 15) is 14.4 Å². The van der Waals surface area contributed by atoms with Gasteiger partial charge in [0.05, 0.1) is 25.5 Å². The molecule has 3 atom stereocenters. The number of carbonyl (C=O) groups is 3. The maximum Gasteiger partial charge on any atom is 0.406 e. The first-order valence-electron chi connectivity index (χ1n) is 19.2. The van der Waals surface area contributed by atoms with Gasteiger partial charge in [-0.1, -0.05) is 58.1 Å². The summed E-state index contributed by atoms with van der Waals surface area (Å²) in [4.78, 5) is 44.3. The van der Waals surface area contributed by atoms with E-state index in [1.165, 1.54) is 7.11 Å². The highest BCUT2D eigenvalue weighted by atomic mass is 19.1. The molecule has 1 aliphatic rings. The van der Waals surface area contributed by atoms with Crippen molar-refractivity contribution < 1.29 is 32.6 Å². The first-order chi connectivity index (χ1) is 26.5. The number of ether oxygens (including phenoxy) is 2. The molecule has 3 unspecified atom stereocenters. The predicted molar refractivity (Wildman–Crippen MR) is 213 cm³/mol. The van der Waals surface area contributed by atoms with Gasteiger partial charge in [-0.05, 0) is 103 Å². The van der Waals surface area contributed by atoms with Crippen molar-refractivity contribution in [2.24, 2.45) is 11.7 Å². The Labute approximate surface area is 323 Å². The second-order valence-electron chi connectivity index (χ2n) is 14.0. The van der Waals surface area contributed by atoms with Crippen LogP contribution in [0.2, 0.25) is 0 Å². The zero-order valence-electron chi connectivity index (χ0n) is 32.3. The van der Waals surface area contributed by atoms with Crippen LogP contribution in [0.1, 0.15) is 92.7 Å². The number of nitrogens with two attached hydrogens (primary N) is 1. The molecule has 2 aromatic carbocycles. The maximum atomic E-state index is 15.5. The summed E-state index contributed by atoms with van der Waals surface area (Å²) in [5.74, 6) is -2.48. The third kappa shape index (κ3) is 11.7. The molecule has 1 fully saturated rings. The highest BCUT2D eigenvalue weighted by Gasteiger charge is 2.38. The Morgan fingerprint density at radius 2 is 1.78 bits per heavy atom. The SMILES string of the molecule is C=Cc1cc(CC(CNC(=O)OC)c2cc(F)c(OCCCCCc3ccc(NC(=O)C(C(CC)CC)N4CCCC(N)C4=O)cc3)cc2F)cnc1C=C. The molecule has 2 heterocycles. The van der Waals surface area contributed by atoms with Crippen molar-refractivity contribution in [1.82, 2.24) is 15.2 Å². The van der Waals surface area contributed by atoms with Crippen molar-refractivity contribution in [2.45, 2.75) is 89.6 Å². The number of pyridine rings is 1. The number of carbonyl (C=O) groups excluding carboxylic acids is 3. The summed E-state index contributed by atoms with van der Waals surface area (Å²) in [6.07, 6.45) is 10.5. The minimum absolute atomic E-state index is 0.00250. The first-order valence-corrected chi connectivity index (χ1v) is 19.2. The van der Waals surface area contributed by atoms with Gasteiger partial charge in [0.15, 0.2) is 11.6 Å². The molecule has 55 heavy (non-hydrogen) atoms. The van der Waals surface area contributed by atoms with Crippen molar-refractivity contribution in [1.29, 1.82) is 0 Å². The van der Waals surface area contributed by atoms with E-state index in [2.05, 4.69) is 33.5 Å². The van der Waals surface area contributed by atoms with E-state index in [1.54, 1.807) is 23.2 Å². The lowest BCUT2D eigenvalue weighted by Crippen LogP contribution is -2.58. The quantitative estimate of drug-likeness (QED) is 0.100. The average molecular weight is 760 g/mol. The van der Waals surface area contributed by atoms with Crippen LogP contribution in [0.25, 0.3) is 12.2 Å². The molecule has 10 nitrogen and oxygen atoms in total. The summed E-state index contributed by atoms with van der Waals surface area (Å²) in [5, 5.41) is 5.62. The van der Waals surface area contributed by atoms with E-state index in [0.29, 0.717) is 30.8 Å². The van der Waals surface area contributed by atoms with E-state index >= 15 is 8.78 Å². The Morgan fingerprint density at radius 1 is 1.04 bits per heavy atom. The average Bonchev–Trinajstić information content (AvgIpc) is 3.19. The molecule has 1 saturated heterocycles. The molecule has 0 bridgehead atoms. The van der Waals surface area contributed by atoms with E-state index in [-0.39, 0.29) is 48.6 Å². The largest absolute Gasteiger partial charge is 0.490 e. The number of aryl methyl sites for hydroxylation is 1. The Bertz CT molecular complexity index is 1780. The number of hydrogen-bond acceptors (Lipinski definition) is 7. The van der Waals surface area contributed by atoms with Crippen LogP contribution in [0.4, 0.5) is 19.3 Å². The van der Waals surface area contributed by atoms with Gasteiger partial charge >= 0.3 is 6.09 Å². The third-order valence-corrected chi connectivity index (χ3v) is 10.3. The number of likely N-dealkylation sites (tertiary alicyclic amines) is 1. The number of aromatic nitrogens is 1. The number of benzene rings is 2. The summed E-state index contributed by atoms with van der Waals surface area (Å²) in [6, 6.07) is 10.6. The smallest absolute Gasteiger partial charge is 0.406 e. The molecule has 1 aliphatic heterocycles. The number of methoxy groups -OCH3 is 1. The number of alkyl carbamates (subject to hydrolysis) is 1. The van der Waals surface area contributed by atoms with Crippen LogP contribution in [0.5, 0.6) is 5.75 Å². The van der Waals surface area contributed by atoms with Crippen LogP contribution in [0, 0.1) is 17.6 Å². The zero-order valence-corrected chi connectivity index (χ0v) is 32.3. The van der Waals surface area contributed by atoms with E-state index in [4.69, 9.17) is 10.5 Å². The summed E-state index contributed by atoms with van der Waals surface area (Å²) in [6.45, 7) is 12.4. The minimum atomic E-state index is -0.698. The van der Waals surface area contributed by atoms with Gasteiger partial charge in [-0.25, -0.2) is 13.6 Å². The van der Waals surface area contributed by atoms with E-state index in [0.717, 1.165) is 67.3 Å². The molecule has 12 heteroatoms. The van der Waals surface area contributed by atoms with Crippen LogP contribution in [-0.4, -0.2) is 66.7 Å². The second-order valence-corrected chi connectivity index (χ2v) is 14.0. The molecule has 296 valence electrons. The maximum absolute atomic E-state index is 15.5. The van der Waals surface area contributed by atoms with Crippen molar-refractivity contribution in [2.75, 3.05) is 32.1 Å². The normalized spacial score (nSPS) is 15.3. The lowest BCUT2D eigenvalue weighted by atomic mass is 9.89. The molecule has 3 aromatic rings. The summed E-state index contributed by atoms with van der Waals surface area (Å²) >= 11 is 0. The van der Waals surface area contributed by atoms with Gasteiger partial charge in [-0.15, -0.1) is 0 Å². The molecule has 4 N–H and O–H groups in total. The minimum Gasteiger partial charge on any atom is -0.490 e. The molecule has 4 rings (SSSR count). The predicted octanol–water partition coefficient (Wildman–Crippen LogP) is 7.81. The van der Waals surface area contributed by atoms with E-state index < -0.39 is 35.7 Å². The Kier molecular flexibility index (Phi) is 16.4. The molecule has 0 spiro atoms. The second kappa shape index (κ2) is 21.1. The summed E-state index contributed by atoms with van der Waals surface area (Å²) in [7, 11) is 1.23. The highest BCUT2D eigenvalue weighted by molar-refractivity contribution is 5.98. The third-order valence-electron chi connectivity index (χ3n) is 10.3. The van der Waals surface area contributed by atoms with Gasteiger partial charge in [-0.3, -0.25) is 14.6 Å². The van der Waals surface area contributed by atoms with Crippen molar-refractivity contribution in [3.63, 3.8) is 0 Å². The molecule has 0 aliphatic carbocycles. The fraction of sp³-hybridized carbons (Fsp3) is 0.442. The fourth-order valence-corrected chi connectivity index (χ4v) is 7.12. The Morgan fingerprint density at radius 3 is 2.45 bits per heavy atom. The first kappa shape index (κ1) is 42.6. The van der Waals surface area contributed by atoms with Gasteiger partial charge < -0.3 is 30.7 Å². The van der Waals surface area contributed by atoms with Gasteiger partial charge in [0.25, 0.3) is 0 Å². The number of anilines is 1. The highest BCUT2D eigenvalue weighted by Crippen LogP contribution is 2.30. The van der Waals surface area contributed by atoms with Crippen LogP contribution >= 0.6 is 0 Å². The van der Waals surface area contributed by atoms with Crippen molar-refractivity contribution >= 4 is 35.7 Å². The Balaban J connectivity index is 1.28.